The van der Waals surface area contributed by atoms with Crippen LogP contribution in [-0.4, -0.2) is 50.7 Å². The molecule has 1 spiro atoms. The Morgan fingerprint density at radius 1 is 1.26 bits per heavy atom. The first-order valence-corrected chi connectivity index (χ1v) is 9.15. The average molecular weight is 390 g/mol. The van der Waals surface area contributed by atoms with Crippen LogP contribution in [-0.2, 0) is 18.6 Å². The van der Waals surface area contributed by atoms with Gasteiger partial charge < -0.3 is 19.1 Å². The van der Waals surface area contributed by atoms with Gasteiger partial charge in [-0.15, -0.1) is 0 Å². The third kappa shape index (κ3) is 3.59. The summed E-state index contributed by atoms with van der Waals surface area (Å²) in [6.07, 6.45) is 0.142. The van der Waals surface area contributed by atoms with Crippen molar-refractivity contribution in [3.63, 3.8) is 0 Å². The van der Waals surface area contributed by atoms with Gasteiger partial charge in [-0.05, 0) is 43.4 Å². The normalized spacial score (nSPS) is 19.3. The van der Waals surface area contributed by atoms with Gasteiger partial charge >= 0.3 is 6.16 Å². The van der Waals surface area contributed by atoms with E-state index in [4.69, 9.17) is 9.57 Å². The van der Waals surface area contributed by atoms with E-state index < -0.39 is 11.7 Å². The topological polar surface area (TPSA) is 77.1 Å². The summed E-state index contributed by atoms with van der Waals surface area (Å²) < 4.78 is 9.91. The zero-order chi connectivity index (χ0) is 19.8. The number of carbonyl (C=O) groups is 2. The van der Waals surface area contributed by atoms with Gasteiger partial charge in [0.25, 0.3) is 5.91 Å². The number of benzene rings is 1. The molecule has 2 aliphatic heterocycles. The Bertz CT molecular complexity index is 795. The van der Waals surface area contributed by atoms with Crippen LogP contribution in [0.4, 0.5) is 4.79 Å². The molecule has 7 nitrogen and oxygen atoms in total. The van der Waals surface area contributed by atoms with Crippen LogP contribution in [0, 0.1) is 13.8 Å². The van der Waals surface area contributed by atoms with Crippen LogP contribution in [0.5, 0.6) is 0 Å². The summed E-state index contributed by atoms with van der Waals surface area (Å²) in [5.74, 6) is 0.0511. The third-order valence-corrected chi connectivity index (χ3v) is 5.41. The largest absolute Gasteiger partial charge is 0.525 e. The number of nitrogens with zero attached hydrogens (tertiary/aromatic N) is 1. The predicted molar refractivity (Wildman–Crippen MR) is 106 cm³/mol. The number of rotatable bonds is 3. The van der Waals surface area contributed by atoms with Gasteiger partial charge in [0, 0.05) is 26.0 Å². The molecule has 0 radical (unpaired) electrons. The van der Waals surface area contributed by atoms with Crippen molar-refractivity contribution in [3.05, 3.63) is 34.6 Å². The molecule has 0 saturated carbocycles. The molecule has 144 valence electrons. The van der Waals surface area contributed by atoms with Gasteiger partial charge in [-0.25, -0.2) is 4.79 Å². The standard InChI is InChI=1S/C18H23BN2O5S/c1-10-8-12(19)9-11(2)13(10)14-15(25-17(23)26-27)18(20-16(14)22)4-6-21(24-3)7-5-18/h8-9,27H,4-7,19H2,1-3H3,(H,20,22). The van der Waals surface area contributed by atoms with Gasteiger partial charge in [-0.3, -0.25) is 4.79 Å². The SMILES string of the molecule is Bc1cc(C)c(C2=C(OC(=O)OS)C3(CCN(OC)CC3)NC2=O)c(C)c1. The maximum atomic E-state index is 13.0. The fourth-order valence-electron chi connectivity index (χ4n) is 4.13. The minimum Gasteiger partial charge on any atom is -0.395 e. The van der Waals surface area contributed by atoms with Crippen molar-refractivity contribution >= 4 is 43.9 Å². The van der Waals surface area contributed by atoms with E-state index in [2.05, 4.69) is 22.4 Å². The van der Waals surface area contributed by atoms with E-state index in [1.54, 1.807) is 7.11 Å². The third-order valence-electron chi connectivity index (χ3n) is 5.26. The summed E-state index contributed by atoms with van der Waals surface area (Å²) >= 11 is 3.53. The van der Waals surface area contributed by atoms with Gasteiger partial charge in [0.1, 0.15) is 13.4 Å². The highest BCUT2D eigenvalue weighted by molar-refractivity contribution is 7.75. The highest BCUT2D eigenvalue weighted by Crippen LogP contribution is 2.42. The molecule has 27 heavy (non-hydrogen) atoms. The van der Waals surface area contributed by atoms with Crippen LogP contribution >= 0.6 is 12.9 Å². The van der Waals surface area contributed by atoms with Gasteiger partial charge in [-0.1, -0.05) is 17.6 Å². The molecular formula is C18H23BN2O5S. The number of piperidine rings is 1. The summed E-state index contributed by atoms with van der Waals surface area (Å²) in [4.78, 5) is 30.2. The lowest BCUT2D eigenvalue weighted by Gasteiger charge is -2.38. The number of carbonyl (C=O) groups excluding carboxylic acids is 2. The highest BCUT2D eigenvalue weighted by atomic mass is 32.1. The zero-order valence-corrected chi connectivity index (χ0v) is 16.8. The summed E-state index contributed by atoms with van der Waals surface area (Å²) in [5, 5.41) is 4.87. The Hall–Kier alpha value is -1.97. The summed E-state index contributed by atoms with van der Waals surface area (Å²) in [6.45, 7) is 5.09. The summed E-state index contributed by atoms with van der Waals surface area (Å²) in [6, 6.07) is 4.02. The molecule has 0 aromatic heterocycles. The van der Waals surface area contributed by atoms with Crippen molar-refractivity contribution in [2.45, 2.75) is 32.2 Å². The molecular weight excluding hydrogens is 367 g/mol. The molecule has 0 unspecified atom stereocenters. The van der Waals surface area contributed by atoms with Crippen molar-refractivity contribution in [3.8, 4) is 0 Å². The van der Waals surface area contributed by atoms with Crippen LogP contribution in [0.3, 0.4) is 0 Å². The first kappa shape index (κ1) is 19.8. The van der Waals surface area contributed by atoms with E-state index in [1.165, 1.54) is 0 Å². The minimum absolute atomic E-state index is 0.252. The summed E-state index contributed by atoms with van der Waals surface area (Å²) in [7, 11) is 3.62. The van der Waals surface area contributed by atoms with Gasteiger partial charge in [0.15, 0.2) is 5.76 Å². The quantitative estimate of drug-likeness (QED) is 0.344. The fraction of sp³-hybridized carbons (Fsp3) is 0.444. The molecule has 1 saturated heterocycles. The van der Waals surface area contributed by atoms with Crippen molar-refractivity contribution in [1.82, 2.24) is 10.4 Å². The molecule has 1 aromatic rings. The molecule has 0 bridgehead atoms. The number of thiol groups is 1. The van der Waals surface area contributed by atoms with E-state index in [-0.39, 0.29) is 5.91 Å². The summed E-state index contributed by atoms with van der Waals surface area (Å²) in [5.41, 5.74) is 3.40. The second-order valence-corrected chi connectivity index (χ2v) is 7.25. The second-order valence-electron chi connectivity index (χ2n) is 7.07. The Balaban J connectivity index is 2.14. The van der Waals surface area contributed by atoms with E-state index in [9.17, 15) is 9.59 Å². The Kier molecular flexibility index (Phi) is 5.55. The first-order chi connectivity index (χ1) is 12.8. The molecule has 1 aromatic carbocycles. The van der Waals surface area contributed by atoms with Crippen molar-refractivity contribution in [1.29, 1.82) is 0 Å². The second kappa shape index (κ2) is 7.57. The number of nitrogens with one attached hydrogen (secondary N) is 1. The molecule has 3 rings (SSSR count). The Labute approximate surface area is 165 Å². The molecule has 2 aliphatic rings. The first-order valence-electron chi connectivity index (χ1n) is 8.79. The van der Waals surface area contributed by atoms with Crippen LogP contribution in [0.25, 0.3) is 5.57 Å². The lowest BCUT2D eigenvalue weighted by molar-refractivity contribution is -0.152. The molecule has 1 N–H and O–H groups in total. The maximum absolute atomic E-state index is 13.0. The lowest BCUT2D eigenvalue weighted by Crippen LogP contribution is -2.53. The predicted octanol–water partition coefficient (Wildman–Crippen LogP) is 0.797. The number of hydroxylamine groups is 2. The van der Waals surface area contributed by atoms with Crippen LogP contribution in [0.1, 0.15) is 29.5 Å². The minimum atomic E-state index is -0.960. The molecule has 1 amide bonds. The van der Waals surface area contributed by atoms with Crippen LogP contribution < -0.4 is 10.8 Å². The van der Waals surface area contributed by atoms with E-state index in [1.807, 2.05) is 38.9 Å². The molecule has 1 fully saturated rings. The molecule has 2 heterocycles. The van der Waals surface area contributed by atoms with Crippen molar-refractivity contribution in [2.75, 3.05) is 20.2 Å². The Morgan fingerprint density at radius 2 is 1.85 bits per heavy atom. The monoisotopic (exact) mass is 390 g/mol. The number of aryl methyl sites for hydroxylation is 2. The number of ether oxygens (including phenoxy) is 1. The van der Waals surface area contributed by atoms with E-state index in [0.29, 0.717) is 37.3 Å². The van der Waals surface area contributed by atoms with E-state index >= 15 is 0 Å². The van der Waals surface area contributed by atoms with Gasteiger partial charge in [-0.2, -0.15) is 5.06 Å². The fourth-order valence-corrected chi connectivity index (χ4v) is 4.17. The van der Waals surface area contributed by atoms with Gasteiger partial charge in [0.2, 0.25) is 0 Å². The Morgan fingerprint density at radius 3 is 2.37 bits per heavy atom. The zero-order valence-electron chi connectivity index (χ0n) is 15.9. The van der Waals surface area contributed by atoms with Crippen molar-refractivity contribution < 1.29 is 23.3 Å². The lowest BCUT2D eigenvalue weighted by atomic mass is 9.83. The number of hydrogen-bond acceptors (Lipinski definition) is 7. The smallest absolute Gasteiger partial charge is 0.395 e. The highest BCUT2D eigenvalue weighted by Gasteiger charge is 2.50. The van der Waals surface area contributed by atoms with Crippen LogP contribution in [0.2, 0.25) is 0 Å². The molecule has 0 atom stereocenters. The molecule has 0 aliphatic carbocycles. The average Bonchev–Trinajstić information content (AvgIpc) is 2.87. The van der Waals surface area contributed by atoms with Crippen LogP contribution in [0.15, 0.2) is 17.9 Å². The van der Waals surface area contributed by atoms with Gasteiger partial charge in [0.05, 0.1) is 12.7 Å². The van der Waals surface area contributed by atoms with E-state index in [0.717, 1.165) is 22.2 Å². The van der Waals surface area contributed by atoms with Crippen molar-refractivity contribution in [2.24, 2.45) is 0 Å². The number of amides is 1. The molecule has 9 heteroatoms. The number of hydrogen-bond donors (Lipinski definition) is 2. The maximum Gasteiger partial charge on any atom is 0.525 e.